The van der Waals surface area contributed by atoms with E-state index in [2.05, 4.69) is 19.2 Å². The molecule has 0 aliphatic heterocycles. The van der Waals surface area contributed by atoms with Crippen molar-refractivity contribution in [3.63, 3.8) is 0 Å². The summed E-state index contributed by atoms with van der Waals surface area (Å²) < 4.78 is 0. The van der Waals surface area contributed by atoms with Gasteiger partial charge in [-0.3, -0.25) is 10.1 Å². The highest BCUT2D eigenvalue weighted by atomic mass is 16.6. The summed E-state index contributed by atoms with van der Waals surface area (Å²) in [4.78, 5) is 10.3. The van der Waals surface area contributed by atoms with Gasteiger partial charge in [0.2, 0.25) is 0 Å². The maximum atomic E-state index is 10.7. The van der Waals surface area contributed by atoms with E-state index in [1.807, 2.05) is 13.8 Å². The minimum atomic E-state index is -0.779. The van der Waals surface area contributed by atoms with Crippen LogP contribution in [0.4, 0.5) is 11.4 Å². The van der Waals surface area contributed by atoms with Gasteiger partial charge in [0, 0.05) is 24.4 Å². The second-order valence-corrected chi connectivity index (χ2v) is 6.04. The fraction of sp³-hybridized carbons (Fsp3) is 0.600. The van der Waals surface area contributed by atoms with Crippen LogP contribution in [0, 0.1) is 23.0 Å². The summed E-state index contributed by atoms with van der Waals surface area (Å²) in [6, 6.07) is 4.69. The van der Waals surface area contributed by atoms with E-state index >= 15 is 0 Å². The molecule has 0 saturated heterocycles. The van der Waals surface area contributed by atoms with Gasteiger partial charge < -0.3 is 10.4 Å². The van der Waals surface area contributed by atoms with Crippen molar-refractivity contribution >= 4 is 11.4 Å². The van der Waals surface area contributed by atoms with Gasteiger partial charge in [0.15, 0.2) is 0 Å². The Labute approximate surface area is 120 Å². The molecule has 0 saturated carbocycles. The van der Waals surface area contributed by atoms with Gasteiger partial charge in [0.1, 0.15) is 0 Å². The van der Waals surface area contributed by atoms with Crippen LogP contribution in [0.25, 0.3) is 0 Å². The van der Waals surface area contributed by atoms with Crippen molar-refractivity contribution in [1.29, 1.82) is 0 Å². The highest BCUT2D eigenvalue weighted by Gasteiger charge is 2.20. The van der Waals surface area contributed by atoms with E-state index in [0.29, 0.717) is 12.5 Å². The van der Waals surface area contributed by atoms with E-state index < -0.39 is 10.5 Å². The molecule has 20 heavy (non-hydrogen) atoms. The Bertz CT molecular complexity index is 470. The topological polar surface area (TPSA) is 75.4 Å². The zero-order valence-electron chi connectivity index (χ0n) is 12.6. The molecule has 5 heteroatoms. The third-order valence-corrected chi connectivity index (χ3v) is 3.34. The molecule has 1 aromatic carbocycles. The first kappa shape index (κ1) is 16.4. The number of hydrogen-bond acceptors (Lipinski definition) is 4. The zero-order chi connectivity index (χ0) is 15.3. The number of anilines is 1. The zero-order valence-corrected chi connectivity index (χ0v) is 12.6. The van der Waals surface area contributed by atoms with E-state index in [1.54, 1.807) is 6.07 Å². The maximum absolute atomic E-state index is 10.7. The lowest BCUT2D eigenvalue weighted by molar-refractivity contribution is -0.384. The van der Waals surface area contributed by atoms with E-state index in [4.69, 9.17) is 0 Å². The third kappa shape index (κ3) is 5.17. The Morgan fingerprint density at radius 1 is 1.45 bits per heavy atom. The van der Waals surface area contributed by atoms with Crippen molar-refractivity contribution < 1.29 is 10.0 Å². The molecule has 112 valence electrons. The van der Waals surface area contributed by atoms with Gasteiger partial charge in [-0.25, -0.2) is 0 Å². The van der Waals surface area contributed by atoms with Gasteiger partial charge in [-0.05, 0) is 44.2 Å². The number of nitro groups is 1. The van der Waals surface area contributed by atoms with Crippen LogP contribution in [0.15, 0.2) is 18.2 Å². The third-order valence-electron chi connectivity index (χ3n) is 3.34. The molecule has 0 radical (unpaired) electrons. The summed E-state index contributed by atoms with van der Waals surface area (Å²) >= 11 is 0. The lowest BCUT2D eigenvalue weighted by atomic mass is 9.95. The molecule has 1 unspecified atom stereocenters. The van der Waals surface area contributed by atoms with Crippen molar-refractivity contribution in [3.05, 3.63) is 33.9 Å². The Kier molecular flexibility index (Phi) is 5.51. The smallest absolute Gasteiger partial charge is 0.269 e. The summed E-state index contributed by atoms with van der Waals surface area (Å²) in [5.41, 5.74) is 0.928. The van der Waals surface area contributed by atoms with E-state index in [0.717, 1.165) is 24.1 Å². The molecule has 1 aromatic rings. The monoisotopic (exact) mass is 280 g/mol. The second-order valence-electron chi connectivity index (χ2n) is 6.04. The molecule has 0 aliphatic carbocycles. The van der Waals surface area contributed by atoms with Crippen molar-refractivity contribution in [1.82, 2.24) is 0 Å². The standard InChI is InChI=1S/C15H24N2O3/c1-11(2)7-8-15(4,18)10-16-14-6-5-13(17(19)20)9-12(14)3/h5-6,9,11,16,18H,7-8,10H2,1-4H3. The van der Waals surface area contributed by atoms with Crippen molar-refractivity contribution in [2.45, 2.75) is 46.1 Å². The Balaban J connectivity index is 2.63. The predicted molar refractivity (Wildman–Crippen MR) is 81.0 cm³/mol. The number of nitro benzene ring substituents is 1. The number of nitrogens with zero attached hydrogens (tertiary/aromatic N) is 1. The summed E-state index contributed by atoms with van der Waals surface area (Å²) in [5, 5.41) is 24.1. The first-order valence-corrected chi connectivity index (χ1v) is 6.92. The first-order chi connectivity index (χ1) is 9.21. The molecule has 0 aromatic heterocycles. The second kappa shape index (κ2) is 6.70. The molecule has 1 rings (SSSR count). The molecule has 0 bridgehead atoms. The summed E-state index contributed by atoms with van der Waals surface area (Å²) in [5.74, 6) is 0.558. The average molecular weight is 280 g/mol. The molecular formula is C15H24N2O3. The summed E-state index contributed by atoms with van der Waals surface area (Å²) in [6.07, 6.45) is 1.69. The van der Waals surface area contributed by atoms with Crippen molar-refractivity contribution in [2.24, 2.45) is 5.92 Å². The van der Waals surface area contributed by atoms with E-state index in [-0.39, 0.29) is 5.69 Å². The fourth-order valence-corrected chi connectivity index (χ4v) is 1.93. The molecular weight excluding hydrogens is 256 g/mol. The Morgan fingerprint density at radius 2 is 2.10 bits per heavy atom. The van der Waals surface area contributed by atoms with E-state index in [9.17, 15) is 15.2 Å². The molecule has 0 heterocycles. The number of rotatable bonds is 7. The van der Waals surface area contributed by atoms with Crippen LogP contribution < -0.4 is 5.32 Å². The first-order valence-electron chi connectivity index (χ1n) is 6.92. The minimum Gasteiger partial charge on any atom is -0.388 e. The predicted octanol–water partition coefficient (Wildman–Crippen LogP) is 3.50. The largest absolute Gasteiger partial charge is 0.388 e. The number of nitrogens with one attached hydrogen (secondary N) is 1. The number of aryl methyl sites for hydroxylation is 1. The molecule has 0 amide bonds. The van der Waals surface area contributed by atoms with E-state index in [1.165, 1.54) is 12.1 Å². The Hall–Kier alpha value is -1.62. The van der Waals surface area contributed by atoms with Gasteiger partial charge in [0.05, 0.1) is 10.5 Å². The molecule has 0 spiro atoms. The van der Waals surface area contributed by atoms with Crippen LogP contribution in [0.1, 0.15) is 39.2 Å². The molecule has 2 N–H and O–H groups in total. The van der Waals surface area contributed by atoms with Gasteiger partial charge in [-0.2, -0.15) is 0 Å². The maximum Gasteiger partial charge on any atom is 0.269 e. The number of non-ortho nitro benzene ring substituents is 1. The van der Waals surface area contributed by atoms with Gasteiger partial charge in [-0.15, -0.1) is 0 Å². The normalized spacial score (nSPS) is 14.1. The minimum absolute atomic E-state index is 0.0830. The lowest BCUT2D eigenvalue weighted by Gasteiger charge is -2.25. The summed E-state index contributed by atoms with van der Waals surface area (Å²) in [6.45, 7) is 8.31. The van der Waals surface area contributed by atoms with Crippen LogP contribution in [-0.2, 0) is 0 Å². The molecule has 0 aliphatic rings. The fourth-order valence-electron chi connectivity index (χ4n) is 1.93. The Morgan fingerprint density at radius 3 is 2.60 bits per heavy atom. The highest BCUT2D eigenvalue weighted by Crippen LogP contribution is 2.23. The number of benzene rings is 1. The van der Waals surface area contributed by atoms with Crippen LogP contribution in [0.5, 0.6) is 0 Å². The molecule has 1 atom stereocenters. The number of aliphatic hydroxyl groups is 1. The van der Waals surface area contributed by atoms with Gasteiger partial charge >= 0.3 is 0 Å². The van der Waals surface area contributed by atoms with Crippen LogP contribution in [0.3, 0.4) is 0 Å². The van der Waals surface area contributed by atoms with Gasteiger partial charge in [0.25, 0.3) is 5.69 Å². The number of hydrogen-bond donors (Lipinski definition) is 2. The average Bonchev–Trinajstić information content (AvgIpc) is 2.35. The molecule has 5 nitrogen and oxygen atoms in total. The summed E-state index contributed by atoms with van der Waals surface area (Å²) in [7, 11) is 0. The van der Waals surface area contributed by atoms with Crippen molar-refractivity contribution in [2.75, 3.05) is 11.9 Å². The van der Waals surface area contributed by atoms with Crippen LogP contribution >= 0.6 is 0 Å². The SMILES string of the molecule is Cc1cc([N+](=O)[O-])ccc1NCC(C)(O)CCC(C)C. The van der Waals surface area contributed by atoms with Crippen LogP contribution in [-0.4, -0.2) is 22.2 Å². The highest BCUT2D eigenvalue weighted by molar-refractivity contribution is 5.55. The van der Waals surface area contributed by atoms with Gasteiger partial charge in [-0.1, -0.05) is 13.8 Å². The quantitative estimate of drug-likeness (QED) is 0.592. The molecule has 0 fully saturated rings. The van der Waals surface area contributed by atoms with Crippen molar-refractivity contribution in [3.8, 4) is 0 Å². The lowest BCUT2D eigenvalue weighted by Crippen LogP contribution is -2.33. The van der Waals surface area contributed by atoms with Crippen LogP contribution in [0.2, 0.25) is 0 Å².